The third kappa shape index (κ3) is 4.13. The van der Waals surface area contributed by atoms with Crippen molar-refractivity contribution in [1.82, 2.24) is 0 Å². The van der Waals surface area contributed by atoms with E-state index in [4.69, 9.17) is 4.42 Å². The molecule has 9 aromatic carbocycles. The van der Waals surface area contributed by atoms with Crippen LogP contribution in [0.25, 0.3) is 76.2 Å². The Morgan fingerprint density at radius 1 is 0.354 bits per heavy atom. The van der Waals surface area contributed by atoms with Crippen LogP contribution in [0.4, 0.5) is 17.1 Å². The predicted octanol–water partition coefficient (Wildman–Crippen LogP) is 13.3. The molecule has 1 heterocycles. The van der Waals surface area contributed by atoms with E-state index in [0.717, 1.165) is 44.4 Å². The van der Waals surface area contributed by atoms with Crippen LogP contribution in [-0.2, 0) is 0 Å². The van der Waals surface area contributed by atoms with E-state index >= 15 is 0 Å². The summed E-state index contributed by atoms with van der Waals surface area (Å²) < 4.78 is 6.57. The van der Waals surface area contributed by atoms with Gasteiger partial charge in [0.15, 0.2) is 0 Å². The molecule has 10 aromatic rings. The van der Waals surface area contributed by atoms with Crippen LogP contribution in [0.5, 0.6) is 0 Å². The first kappa shape index (κ1) is 26.8. The average Bonchev–Trinajstić information content (AvgIpc) is 3.55. The Kier molecular flexibility index (Phi) is 5.91. The molecule has 2 heteroatoms. The molecule has 0 aliphatic rings. The third-order valence-corrected chi connectivity index (χ3v) is 9.82. The van der Waals surface area contributed by atoms with Crippen molar-refractivity contribution in [2.75, 3.05) is 4.90 Å². The molecule has 0 bridgehead atoms. The number of anilines is 3. The van der Waals surface area contributed by atoms with Crippen LogP contribution in [0.1, 0.15) is 0 Å². The van der Waals surface area contributed by atoms with Crippen molar-refractivity contribution >= 4 is 82.1 Å². The summed E-state index contributed by atoms with van der Waals surface area (Å²) in [6.07, 6.45) is 0. The van der Waals surface area contributed by atoms with Gasteiger partial charge in [0.1, 0.15) is 11.2 Å². The molecule has 0 saturated carbocycles. The molecule has 0 amide bonds. The summed E-state index contributed by atoms with van der Waals surface area (Å²) in [6.45, 7) is 0. The highest BCUT2D eigenvalue weighted by Crippen LogP contribution is 2.44. The molecule has 10 rings (SSSR count). The highest BCUT2D eigenvalue weighted by molar-refractivity contribution is 6.20. The Balaban J connectivity index is 1.12. The normalized spacial score (nSPS) is 11.8. The molecule has 48 heavy (non-hydrogen) atoms. The van der Waals surface area contributed by atoms with Gasteiger partial charge in [-0.2, -0.15) is 0 Å². The van der Waals surface area contributed by atoms with E-state index in [1.54, 1.807) is 0 Å². The molecular weight excluding hydrogens is 583 g/mol. The summed E-state index contributed by atoms with van der Waals surface area (Å²) in [4.78, 5) is 2.34. The highest BCUT2D eigenvalue weighted by atomic mass is 16.3. The zero-order valence-corrected chi connectivity index (χ0v) is 26.1. The molecule has 0 fully saturated rings. The second-order valence-corrected chi connectivity index (χ2v) is 12.5. The van der Waals surface area contributed by atoms with Crippen LogP contribution in [0.3, 0.4) is 0 Å². The number of rotatable bonds is 4. The molecule has 2 nitrogen and oxygen atoms in total. The van der Waals surface area contributed by atoms with Crippen molar-refractivity contribution in [2.45, 2.75) is 0 Å². The van der Waals surface area contributed by atoms with Gasteiger partial charge in [-0.3, -0.25) is 0 Å². The number of para-hydroxylation sites is 1. The molecule has 224 valence electrons. The van der Waals surface area contributed by atoms with Crippen molar-refractivity contribution in [1.29, 1.82) is 0 Å². The largest absolute Gasteiger partial charge is 0.455 e. The van der Waals surface area contributed by atoms with Gasteiger partial charge in [0.2, 0.25) is 0 Å². The summed E-state index contributed by atoms with van der Waals surface area (Å²) in [5, 5.41) is 12.2. The molecular formula is C46H29NO. The van der Waals surface area contributed by atoms with Gasteiger partial charge in [-0.25, -0.2) is 0 Å². The van der Waals surface area contributed by atoms with E-state index < -0.39 is 0 Å². The van der Waals surface area contributed by atoms with Gasteiger partial charge in [0.25, 0.3) is 0 Å². The Bertz CT molecular complexity index is 2830. The number of furan rings is 1. The Morgan fingerprint density at radius 2 is 0.938 bits per heavy atom. The van der Waals surface area contributed by atoms with Crippen molar-refractivity contribution in [3.63, 3.8) is 0 Å². The lowest BCUT2D eigenvalue weighted by molar-refractivity contribution is 0.672. The van der Waals surface area contributed by atoms with Crippen LogP contribution in [0, 0.1) is 0 Å². The lowest BCUT2D eigenvalue weighted by atomic mass is 9.94. The second kappa shape index (κ2) is 10.6. The monoisotopic (exact) mass is 611 g/mol. The molecule has 0 unspecified atom stereocenters. The average molecular weight is 612 g/mol. The van der Waals surface area contributed by atoms with Gasteiger partial charge in [0.05, 0.1) is 11.1 Å². The summed E-state index contributed by atoms with van der Waals surface area (Å²) in [6, 6.07) is 63.3. The fraction of sp³-hybridized carbons (Fsp3) is 0. The topological polar surface area (TPSA) is 16.4 Å². The smallest absolute Gasteiger partial charge is 0.143 e. The van der Waals surface area contributed by atoms with Gasteiger partial charge in [0, 0.05) is 22.1 Å². The standard InChI is InChI=1S/C46H29NO/c1-2-11-35(12-3-1)47(43-15-8-16-44-45(43)41-28-23-32-10-5-7-14-38(32)46(41)48-44)36-24-19-30(20-25-36)34-18-17-33-22-26-39-37-13-6-4-9-31(37)21-27-40(39)42(33)29-34/h1-29H. The molecule has 0 saturated heterocycles. The number of nitrogens with zero attached hydrogens (tertiary/aromatic N) is 1. The fourth-order valence-electron chi connectivity index (χ4n) is 7.53. The SMILES string of the molecule is c1ccc(N(c2ccc(-c3ccc4ccc5c6ccccc6ccc5c4c3)cc2)c2cccc3oc4c5ccccc5ccc4c23)cc1. The minimum Gasteiger partial charge on any atom is -0.455 e. The quantitative estimate of drug-likeness (QED) is 0.184. The molecule has 0 spiro atoms. The second-order valence-electron chi connectivity index (χ2n) is 12.5. The van der Waals surface area contributed by atoms with E-state index in [2.05, 4.69) is 181 Å². The first-order valence-electron chi connectivity index (χ1n) is 16.4. The van der Waals surface area contributed by atoms with E-state index in [1.807, 2.05) is 0 Å². The lowest BCUT2D eigenvalue weighted by Crippen LogP contribution is -2.10. The zero-order valence-electron chi connectivity index (χ0n) is 26.1. The zero-order chi connectivity index (χ0) is 31.6. The third-order valence-electron chi connectivity index (χ3n) is 9.82. The minimum absolute atomic E-state index is 0.882. The molecule has 0 aliphatic carbocycles. The van der Waals surface area contributed by atoms with Crippen LogP contribution in [0.15, 0.2) is 180 Å². The summed E-state index contributed by atoms with van der Waals surface area (Å²) in [7, 11) is 0. The molecule has 1 aromatic heterocycles. The van der Waals surface area contributed by atoms with E-state index in [9.17, 15) is 0 Å². The fourth-order valence-corrected chi connectivity index (χ4v) is 7.53. The predicted molar refractivity (Wildman–Crippen MR) is 204 cm³/mol. The number of hydrogen-bond donors (Lipinski definition) is 0. The van der Waals surface area contributed by atoms with E-state index in [1.165, 1.54) is 48.8 Å². The molecule has 0 aliphatic heterocycles. The van der Waals surface area contributed by atoms with Crippen molar-refractivity contribution in [3.8, 4) is 11.1 Å². The molecule has 0 radical (unpaired) electrons. The van der Waals surface area contributed by atoms with Gasteiger partial charge in [-0.15, -0.1) is 0 Å². The van der Waals surface area contributed by atoms with Crippen molar-refractivity contribution in [2.24, 2.45) is 0 Å². The van der Waals surface area contributed by atoms with Crippen LogP contribution >= 0.6 is 0 Å². The van der Waals surface area contributed by atoms with E-state index in [-0.39, 0.29) is 0 Å². The summed E-state index contributed by atoms with van der Waals surface area (Å²) >= 11 is 0. The van der Waals surface area contributed by atoms with Crippen LogP contribution in [0.2, 0.25) is 0 Å². The number of benzene rings is 9. The number of fused-ring (bicyclic) bond motifs is 10. The highest BCUT2D eigenvalue weighted by Gasteiger charge is 2.20. The van der Waals surface area contributed by atoms with Crippen molar-refractivity contribution < 1.29 is 4.42 Å². The van der Waals surface area contributed by atoms with Crippen LogP contribution < -0.4 is 4.90 Å². The van der Waals surface area contributed by atoms with Gasteiger partial charge < -0.3 is 9.32 Å². The maximum atomic E-state index is 6.57. The molecule has 0 N–H and O–H groups in total. The Hall–Kier alpha value is -6.38. The number of hydrogen-bond acceptors (Lipinski definition) is 2. The van der Waals surface area contributed by atoms with Gasteiger partial charge in [-0.1, -0.05) is 127 Å². The van der Waals surface area contributed by atoms with Gasteiger partial charge in [-0.05, 0) is 97.4 Å². The Labute approximate surface area is 277 Å². The minimum atomic E-state index is 0.882. The first-order chi connectivity index (χ1) is 23.8. The molecule has 0 atom stereocenters. The van der Waals surface area contributed by atoms with E-state index in [0.29, 0.717) is 0 Å². The summed E-state index contributed by atoms with van der Waals surface area (Å²) in [5.74, 6) is 0. The summed E-state index contributed by atoms with van der Waals surface area (Å²) in [5.41, 5.74) is 7.47. The maximum Gasteiger partial charge on any atom is 0.143 e. The van der Waals surface area contributed by atoms with Gasteiger partial charge >= 0.3 is 0 Å². The maximum absolute atomic E-state index is 6.57. The first-order valence-corrected chi connectivity index (χ1v) is 16.4. The Morgan fingerprint density at radius 3 is 1.73 bits per heavy atom. The lowest BCUT2D eigenvalue weighted by Gasteiger charge is -2.26. The van der Waals surface area contributed by atoms with Crippen LogP contribution in [-0.4, -0.2) is 0 Å². The van der Waals surface area contributed by atoms with Crippen molar-refractivity contribution in [3.05, 3.63) is 176 Å².